The Hall–Kier alpha value is -1.53. The van der Waals surface area contributed by atoms with Crippen molar-refractivity contribution in [1.82, 2.24) is 9.80 Å². The lowest BCUT2D eigenvalue weighted by Gasteiger charge is -2.37. The smallest absolute Gasteiger partial charge is 0.253 e. The van der Waals surface area contributed by atoms with Gasteiger partial charge in [-0.2, -0.15) is 0 Å². The number of likely N-dealkylation sites (tertiary alicyclic amines) is 1. The molecule has 1 amide bonds. The van der Waals surface area contributed by atoms with Gasteiger partial charge in [-0.05, 0) is 12.5 Å². The van der Waals surface area contributed by atoms with Crippen LogP contribution in [0.3, 0.4) is 0 Å². The average Bonchev–Trinajstić information content (AvgIpc) is 2.57. The SMILES string of the molecule is Cc1ccc(CN2CCOC(C(=O)N3CCC(F)(F)CC3)C2)cc1. The first-order chi connectivity index (χ1) is 11.4. The number of nitrogens with zero attached hydrogens (tertiary/aromatic N) is 2. The largest absolute Gasteiger partial charge is 0.366 e. The number of benzene rings is 1. The first kappa shape index (κ1) is 17.3. The third kappa shape index (κ3) is 4.30. The molecule has 2 saturated heterocycles. The highest BCUT2D eigenvalue weighted by Gasteiger charge is 2.38. The lowest BCUT2D eigenvalue weighted by molar-refractivity contribution is -0.155. The molecule has 2 aliphatic heterocycles. The molecule has 1 aromatic carbocycles. The van der Waals surface area contributed by atoms with E-state index in [1.54, 1.807) is 0 Å². The molecular weight excluding hydrogens is 314 g/mol. The summed E-state index contributed by atoms with van der Waals surface area (Å²) in [7, 11) is 0. The lowest BCUT2D eigenvalue weighted by atomic mass is 10.1. The van der Waals surface area contributed by atoms with Gasteiger partial charge in [0, 0.05) is 45.6 Å². The van der Waals surface area contributed by atoms with Gasteiger partial charge in [0.25, 0.3) is 11.8 Å². The van der Waals surface area contributed by atoms with Crippen LogP contribution in [0.4, 0.5) is 8.78 Å². The number of piperidine rings is 1. The number of carbonyl (C=O) groups is 1. The third-order valence-corrected chi connectivity index (χ3v) is 4.76. The van der Waals surface area contributed by atoms with Crippen LogP contribution in [0.2, 0.25) is 0 Å². The minimum Gasteiger partial charge on any atom is -0.366 e. The number of rotatable bonds is 3. The van der Waals surface area contributed by atoms with Gasteiger partial charge in [0.05, 0.1) is 6.61 Å². The summed E-state index contributed by atoms with van der Waals surface area (Å²) in [6, 6.07) is 8.33. The molecule has 0 aliphatic carbocycles. The maximum absolute atomic E-state index is 13.2. The van der Waals surface area contributed by atoms with Gasteiger partial charge >= 0.3 is 0 Å². The fraction of sp³-hybridized carbons (Fsp3) is 0.611. The first-order valence-electron chi connectivity index (χ1n) is 8.49. The van der Waals surface area contributed by atoms with Crippen molar-refractivity contribution >= 4 is 5.91 Å². The summed E-state index contributed by atoms with van der Waals surface area (Å²) in [5.74, 6) is -2.79. The summed E-state index contributed by atoms with van der Waals surface area (Å²) in [6.07, 6.45) is -1.05. The van der Waals surface area contributed by atoms with Crippen molar-refractivity contribution in [1.29, 1.82) is 0 Å². The van der Waals surface area contributed by atoms with Crippen LogP contribution in [0, 0.1) is 6.92 Å². The minimum atomic E-state index is -2.64. The average molecular weight is 338 g/mol. The maximum atomic E-state index is 13.2. The normalized spacial score (nSPS) is 24.8. The van der Waals surface area contributed by atoms with Crippen molar-refractivity contribution in [2.75, 3.05) is 32.8 Å². The predicted octanol–water partition coefficient (Wildman–Crippen LogP) is 2.45. The molecule has 24 heavy (non-hydrogen) atoms. The number of halogens is 2. The first-order valence-corrected chi connectivity index (χ1v) is 8.49. The number of hydrogen-bond acceptors (Lipinski definition) is 3. The van der Waals surface area contributed by atoms with Crippen LogP contribution in [-0.2, 0) is 16.1 Å². The summed E-state index contributed by atoms with van der Waals surface area (Å²) >= 11 is 0. The molecule has 0 radical (unpaired) electrons. The zero-order chi connectivity index (χ0) is 17.2. The molecule has 1 atom stereocenters. The molecule has 2 heterocycles. The van der Waals surface area contributed by atoms with Crippen molar-refractivity contribution in [3.63, 3.8) is 0 Å². The Kier molecular flexibility index (Phi) is 5.15. The molecule has 0 N–H and O–H groups in total. The highest BCUT2D eigenvalue weighted by atomic mass is 19.3. The van der Waals surface area contributed by atoms with E-state index in [1.807, 2.05) is 0 Å². The van der Waals surface area contributed by atoms with Gasteiger partial charge in [-0.15, -0.1) is 0 Å². The number of morpholine rings is 1. The summed E-state index contributed by atoms with van der Waals surface area (Å²) in [5, 5.41) is 0. The van der Waals surface area contributed by atoms with Crippen molar-refractivity contribution in [3.8, 4) is 0 Å². The fourth-order valence-corrected chi connectivity index (χ4v) is 3.21. The standard InChI is InChI=1S/C18H24F2N2O2/c1-14-2-4-15(5-3-14)12-21-10-11-24-16(13-21)17(23)22-8-6-18(19,20)7-9-22/h2-5,16H,6-13H2,1H3. The number of aryl methyl sites for hydroxylation is 1. The van der Waals surface area contributed by atoms with E-state index in [0.29, 0.717) is 13.2 Å². The molecule has 1 unspecified atom stereocenters. The van der Waals surface area contributed by atoms with Crippen molar-refractivity contribution in [3.05, 3.63) is 35.4 Å². The van der Waals surface area contributed by atoms with Gasteiger partial charge in [-0.25, -0.2) is 8.78 Å². The zero-order valence-electron chi connectivity index (χ0n) is 14.0. The fourth-order valence-electron chi connectivity index (χ4n) is 3.21. The van der Waals surface area contributed by atoms with Gasteiger partial charge < -0.3 is 9.64 Å². The van der Waals surface area contributed by atoms with Crippen LogP contribution in [0.25, 0.3) is 0 Å². The molecule has 0 bridgehead atoms. The predicted molar refractivity (Wildman–Crippen MR) is 87.0 cm³/mol. The number of amides is 1. The molecule has 1 aromatic rings. The van der Waals surface area contributed by atoms with E-state index >= 15 is 0 Å². The van der Waals surface area contributed by atoms with E-state index in [1.165, 1.54) is 16.0 Å². The molecular formula is C18H24F2N2O2. The lowest BCUT2D eigenvalue weighted by Crippen LogP contribution is -2.53. The van der Waals surface area contributed by atoms with Gasteiger partial charge in [-0.1, -0.05) is 29.8 Å². The Morgan fingerprint density at radius 3 is 2.54 bits per heavy atom. The molecule has 3 rings (SSSR count). The van der Waals surface area contributed by atoms with E-state index in [-0.39, 0.29) is 31.8 Å². The molecule has 2 aliphatic rings. The molecule has 2 fully saturated rings. The Morgan fingerprint density at radius 1 is 1.21 bits per heavy atom. The van der Waals surface area contributed by atoms with Crippen LogP contribution in [-0.4, -0.2) is 60.5 Å². The second-order valence-electron chi connectivity index (χ2n) is 6.76. The van der Waals surface area contributed by atoms with E-state index in [2.05, 4.69) is 36.1 Å². The molecule has 4 nitrogen and oxygen atoms in total. The molecule has 0 spiro atoms. The van der Waals surface area contributed by atoms with Crippen LogP contribution in [0.15, 0.2) is 24.3 Å². The monoisotopic (exact) mass is 338 g/mol. The number of alkyl halides is 2. The Morgan fingerprint density at radius 2 is 1.88 bits per heavy atom. The van der Waals surface area contributed by atoms with Gasteiger partial charge in [0.1, 0.15) is 6.10 Å². The highest BCUT2D eigenvalue weighted by molar-refractivity contribution is 5.81. The van der Waals surface area contributed by atoms with E-state index in [9.17, 15) is 13.6 Å². The maximum Gasteiger partial charge on any atom is 0.253 e. The van der Waals surface area contributed by atoms with Crippen LogP contribution >= 0.6 is 0 Å². The second-order valence-corrected chi connectivity index (χ2v) is 6.76. The van der Waals surface area contributed by atoms with Crippen molar-refractivity contribution in [2.24, 2.45) is 0 Å². The van der Waals surface area contributed by atoms with Crippen molar-refractivity contribution in [2.45, 2.75) is 38.3 Å². The van der Waals surface area contributed by atoms with Gasteiger partial charge in [0.15, 0.2) is 0 Å². The van der Waals surface area contributed by atoms with E-state index in [0.717, 1.165) is 13.1 Å². The number of ether oxygens (including phenoxy) is 1. The summed E-state index contributed by atoms with van der Waals surface area (Å²) < 4.78 is 32.1. The molecule has 0 saturated carbocycles. The quantitative estimate of drug-likeness (QED) is 0.849. The number of hydrogen-bond donors (Lipinski definition) is 0. The second kappa shape index (κ2) is 7.15. The molecule has 132 valence electrons. The van der Waals surface area contributed by atoms with Crippen LogP contribution in [0.1, 0.15) is 24.0 Å². The Bertz CT molecular complexity index is 567. The third-order valence-electron chi connectivity index (χ3n) is 4.76. The number of carbonyl (C=O) groups excluding carboxylic acids is 1. The van der Waals surface area contributed by atoms with E-state index in [4.69, 9.17) is 4.74 Å². The van der Waals surface area contributed by atoms with Crippen molar-refractivity contribution < 1.29 is 18.3 Å². The summed E-state index contributed by atoms with van der Waals surface area (Å²) in [5.41, 5.74) is 2.42. The molecule has 6 heteroatoms. The summed E-state index contributed by atoms with van der Waals surface area (Å²) in [4.78, 5) is 16.3. The topological polar surface area (TPSA) is 32.8 Å². The minimum absolute atomic E-state index is 0.115. The van der Waals surface area contributed by atoms with Gasteiger partial charge in [0.2, 0.25) is 0 Å². The Balaban J connectivity index is 1.55. The molecule has 0 aromatic heterocycles. The highest BCUT2D eigenvalue weighted by Crippen LogP contribution is 2.28. The van der Waals surface area contributed by atoms with Gasteiger partial charge in [-0.3, -0.25) is 9.69 Å². The zero-order valence-corrected chi connectivity index (χ0v) is 14.0. The van der Waals surface area contributed by atoms with Crippen LogP contribution in [0.5, 0.6) is 0 Å². The summed E-state index contributed by atoms with van der Waals surface area (Å²) in [6.45, 7) is 4.83. The van der Waals surface area contributed by atoms with E-state index < -0.39 is 12.0 Å². The Labute approximate surface area is 141 Å². The van der Waals surface area contributed by atoms with Crippen LogP contribution < -0.4 is 0 Å².